The molecule has 1 aromatic carbocycles. The Hall–Kier alpha value is -1.46. The van der Waals surface area contributed by atoms with Gasteiger partial charge in [0, 0.05) is 13.0 Å². The van der Waals surface area contributed by atoms with Crippen molar-refractivity contribution < 1.29 is 9.90 Å². The zero-order chi connectivity index (χ0) is 15.0. The van der Waals surface area contributed by atoms with Gasteiger partial charge in [-0.1, -0.05) is 42.0 Å². The zero-order valence-corrected chi connectivity index (χ0v) is 12.6. The van der Waals surface area contributed by atoms with E-state index < -0.39 is 12.0 Å². The number of aliphatic carboxylic acids is 1. The Labute approximate surface area is 125 Å². The van der Waals surface area contributed by atoms with Crippen LogP contribution in [0.5, 0.6) is 0 Å². The molecule has 0 radical (unpaired) electrons. The number of aryl methyl sites for hydroxylation is 2. The lowest BCUT2D eigenvalue weighted by Crippen LogP contribution is -2.31. The van der Waals surface area contributed by atoms with E-state index in [0.717, 1.165) is 17.8 Å². The smallest absolute Gasteiger partial charge is 0.320 e. The van der Waals surface area contributed by atoms with Gasteiger partial charge in [0.2, 0.25) is 0 Å². The largest absolute Gasteiger partial charge is 0.480 e. The van der Waals surface area contributed by atoms with Crippen molar-refractivity contribution in [1.29, 1.82) is 0 Å². The predicted octanol–water partition coefficient (Wildman–Crippen LogP) is 2.04. The molecule has 1 unspecified atom stereocenters. The normalized spacial score (nSPS) is 11.9. The van der Waals surface area contributed by atoms with Crippen LogP contribution >= 0.6 is 12.2 Å². The maximum absolute atomic E-state index is 10.5. The van der Waals surface area contributed by atoms with E-state index in [2.05, 4.69) is 36.5 Å². The number of hydrogen-bond donors (Lipinski definition) is 3. The van der Waals surface area contributed by atoms with E-state index in [0.29, 0.717) is 19.4 Å². The molecule has 0 aliphatic carbocycles. The van der Waals surface area contributed by atoms with Crippen LogP contribution in [-0.2, 0) is 11.2 Å². The fourth-order valence-corrected chi connectivity index (χ4v) is 1.98. The van der Waals surface area contributed by atoms with Gasteiger partial charge in [0.1, 0.15) is 6.04 Å². The van der Waals surface area contributed by atoms with Gasteiger partial charge < -0.3 is 16.2 Å². The number of thiocarbonyl (C=S) groups is 1. The van der Waals surface area contributed by atoms with Crippen molar-refractivity contribution in [3.8, 4) is 0 Å². The zero-order valence-electron chi connectivity index (χ0n) is 11.8. The van der Waals surface area contributed by atoms with Gasteiger partial charge in [0.25, 0.3) is 0 Å². The molecule has 5 heteroatoms. The Morgan fingerprint density at radius 1 is 1.40 bits per heavy atom. The minimum atomic E-state index is -0.952. The minimum Gasteiger partial charge on any atom is -0.480 e. The second kappa shape index (κ2) is 8.66. The highest BCUT2D eigenvalue weighted by atomic mass is 32.1. The predicted molar refractivity (Wildman–Crippen MR) is 84.9 cm³/mol. The van der Waals surface area contributed by atoms with Crippen LogP contribution in [0.4, 0.5) is 0 Å². The van der Waals surface area contributed by atoms with E-state index in [1.54, 1.807) is 0 Å². The summed E-state index contributed by atoms with van der Waals surface area (Å²) in [5.74, 6) is -0.952. The molecule has 0 spiro atoms. The highest BCUT2D eigenvalue weighted by Crippen LogP contribution is 2.06. The molecule has 0 aliphatic heterocycles. The number of rotatable bonds is 8. The molecule has 1 aromatic rings. The third kappa shape index (κ3) is 6.63. The standard InChI is InChI=1S/C15H22N2O2S/c1-11-4-6-12(7-5-11)8-9-14(20)17-10-2-3-13(16)15(18)19/h4-7,13H,2-3,8-10,16H2,1H3,(H,17,20)(H,18,19). The van der Waals surface area contributed by atoms with Crippen LogP contribution in [0.15, 0.2) is 24.3 Å². The molecule has 0 saturated heterocycles. The van der Waals surface area contributed by atoms with Crippen LogP contribution in [0.1, 0.15) is 30.4 Å². The summed E-state index contributed by atoms with van der Waals surface area (Å²) in [5, 5.41) is 11.8. The lowest BCUT2D eigenvalue weighted by molar-refractivity contribution is -0.138. The van der Waals surface area contributed by atoms with Gasteiger partial charge in [-0.15, -0.1) is 0 Å². The number of nitrogens with one attached hydrogen (secondary N) is 1. The van der Waals surface area contributed by atoms with E-state index in [4.69, 9.17) is 23.1 Å². The number of carboxylic acid groups (broad SMARTS) is 1. The third-order valence-electron chi connectivity index (χ3n) is 3.09. The van der Waals surface area contributed by atoms with Crippen LogP contribution in [0, 0.1) is 6.92 Å². The lowest BCUT2D eigenvalue weighted by Gasteiger charge is -2.09. The molecule has 0 aliphatic rings. The Morgan fingerprint density at radius 2 is 2.05 bits per heavy atom. The van der Waals surface area contributed by atoms with Gasteiger partial charge in [0.15, 0.2) is 0 Å². The topological polar surface area (TPSA) is 75.3 Å². The molecule has 0 aromatic heterocycles. The molecular weight excluding hydrogens is 272 g/mol. The maximum atomic E-state index is 10.5. The van der Waals surface area contributed by atoms with E-state index in [1.807, 2.05) is 0 Å². The third-order valence-corrected chi connectivity index (χ3v) is 3.44. The number of carbonyl (C=O) groups is 1. The number of hydrogen-bond acceptors (Lipinski definition) is 3. The van der Waals surface area contributed by atoms with Crippen LogP contribution in [-0.4, -0.2) is 28.7 Å². The van der Waals surface area contributed by atoms with Gasteiger partial charge in [-0.3, -0.25) is 4.79 Å². The van der Waals surface area contributed by atoms with Gasteiger partial charge in [-0.2, -0.15) is 0 Å². The van der Waals surface area contributed by atoms with Crippen LogP contribution in [0.3, 0.4) is 0 Å². The Balaban J connectivity index is 2.14. The summed E-state index contributed by atoms with van der Waals surface area (Å²) in [7, 11) is 0. The van der Waals surface area contributed by atoms with Gasteiger partial charge in [-0.25, -0.2) is 0 Å². The first-order chi connectivity index (χ1) is 9.49. The average Bonchev–Trinajstić information content (AvgIpc) is 2.42. The lowest BCUT2D eigenvalue weighted by atomic mass is 10.1. The van der Waals surface area contributed by atoms with Crippen molar-refractivity contribution in [3.63, 3.8) is 0 Å². The SMILES string of the molecule is Cc1ccc(CCC(=S)NCCCC(N)C(=O)O)cc1. The molecule has 4 nitrogen and oxygen atoms in total. The molecule has 1 atom stereocenters. The fourth-order valence-electron chi connectivity index (χ4n) is 1.77. The summed E-state index contributed by atoms with van der Waals surface area (Å²) in [5.41, 5.74) is 7.94. The highest BCUT2D eigenvalue weighted by molar-refractivity contribution is 7.80. The van der Waals surface area contributed by atoms with E-state index >= 15 is 0 Å². The van der Waals surface area contributed by atoms with Crippen molar-refractivity contribution in [2.45, 2.75) is 38.6 Å². The summed E-state index contributed by atoms with van der Waals surface area (Å²) in [6.45, 7) is 2.74. The molecular formula is C15H22N2O2S. The molecule has 20 heavy (non-hydrogen) atoms. The second-order valence-electron chi connectivity index (χ2n) is 4.92. The Morgan fingerprint density at radius 3 is 2.65 bits per heavy atom. The van der Waals surface area contributed by atoms with Gasteiger partial charge >= 0.3 is 5.97 Å². The van der Waals surface area contributed by atoms with Crippen LogP contribution in [0.2, 0.25) is 0 Å². The number of carboxylic acids is 1. The summed E-state index contributed by atoms with van der Waals surface area (Å²) >= 11 is 5.25. The molecule has 0 saturated carbocycles. The Kier molecular flexibility index (Phi) is 7.18. The molecule has 0 heterocycles. The summed E-state index contributed by atoms with van der Waals surface area (Å²) in [6, 6.07) is 7.64. The van der Waals surface area contributed by atoms with E-state index in [-0.39, 0.29) is 0 Å². The van der Waals surface area contributed by atoms with Crippen LogP contribution in [0.25, 0.3) is 0 Å². The second-order valence-corrected chi connectivity index (χ2v) is 5.42. The average molecular weight is 294 g/mol. The van der Waals surface area contributed by atoms with Crippen molar-refractivity contribution in [3.05, 3.63) is 35.4 Å². The van der Waals surface area contributed by atoms with Crippen molar-refractivity contribution in [2.24, 2.45) is 5.73 Å². The van der Waals surface area contributed by atoms with Crippen molar-refractivity contribution in [2.75, 3.05) is 6.54 Å². The molecule has 4 N–H and O–H groups in total. The van der Waals surface area contributed by atoms with Gasteiger partial charge in [0.05, 0.1) is 4.99 Å². The number of benzene rings is 1. The molecule has 0 bridgehead atoms. The fraction of sp³-hybridized carbons (Fsp3) is 0.467. The quantitative estimate of drug-likeness (QED) is 0.505. The van der Waals surface area contributed by atoms with Crippen LogP contribution < -0.4 is 11.1 Å². The Bertz CT molecular complexity index is 446. The first kappa shape index (κ1) is 16.6. The summed E-state index contributed by atoms with van der Waals surface area (Å²) in [6.07, 6.45) is 2.89. The molecule has 0 fully saturated rings. The molecule has 0 amide bonds. The first-order valence-corrected chi connectivity index (χ1v) is 7.20. The maximum Gasteiger partial charge on any atom is 0.320 e. The van der Waals surface area contributed by atoms with Crippen molar-refractivity contribution >= 4 is 23.2 Å². The number of nitrogens with two attached hydrogens (primary N) is 1. The van der Waals surface area contributed by atoms with E-state index in [1.165, 1.54) is 11.1 Å². The summed E-state index contributed by atoms with van der Waals surface area (Å²) in [4.78, 5) is 11.4. The first-order valence-electron chi connectivity index (χ1n) is 6.79. The van der Waals surface area contributed by atoms with Crippen molar-refractivity contribution in [1.82, 2.24) is 5.32 Å². The van der Waals surface area contributed by atoms with Gasteiger partial charge in [-0.05, 0) is 31.7 Å². The highest BCUT2D eigenvalue weighted by Gasteiger charge is 2.10. The van der Waals surface area contributed by atoms with E-state index in [9.17, 15) is 4.79 Å². The monoisotopic (exact) mass is 294 g/mol. The summed E-state index contributed by atoms with van der Waals surface area (Å²) < 4.78 is 0. The minimum absolute atomic E-state index is 0.461. The molecule has 1 rings (SSSR count). The molecule has 110 valence electrons.